The van der Waals surface area contributed by atoms with Gasteiger partial charge in [-0.15, -0.1) is 0 Å². The quantitative estimate of drug-likeness (QED) is 0.259. The Labute approximate surface area is 169 Å². The van der Waals surface area contributed by atoms with E-state index in [4.69, 9.17) is 12.2 Å². The molecule has 0 saturated carbocycles. The maximum atomic E-state index is 12.3. The zero-order valence-electron chi connectivity index (χ0n) is 14.4. The first-order valence-corrected chi connectivity index (χ1v) is 9.09. The van der Waals surface area contributed by atoms with Crippen LogP contribution in [0.1, 0.15) is 15.9 Å². The van der Waals surface area contributed by atoms with Gasteiger partial charge in [0.25, 0.3) is 17.5 Å². The summed E-state index contributed by atoms with van der Waals surface area (Å²) in [7, 11) is 1.61. The molecular formula is C18H13N3O5S2. The molecule has 1 aliphatic heterocycles. The van der Waals surface area contributed by atoms with Gasteiger partial charge in [0.15, 0.2) is 0 Å². The lowest BCUT2D eigenvalue weighted by Crippen LogP contribution is -2.22. The predicted octanol–water partition coefficient (Wildman–Crippen LogP) is 3.38. The average Bonchev–Trinajstić information content (AvgIpc) is 2.90. The van der Waals surface area contributed by atoms with Crippen molar-refractivity contribution >= 4 is 57.6 Å². The Morgan fingerprint density at radius 2 is 1.96 bits per heavy atom. The van der Waals surface area contributed by atoms with Gasteiger partial charge in [-0.25, -0.2) is 0 Å². The molecule has 0 bridgehead atoms. The van der Waals surface area contributed by atoms with Gasteiger partial charge < -0.3 is 10.4 Å². The summed E-state index contributed by atoms with van der Waals surface area (Å²) >= 11 is 6.29. The van der Waals surface area contributed by atoms with Crippen molar-refractivity contribution in [2.45, 2.75) is 0 Å². The normalized spacial score (nSPS) is 15.2. The van der Waals surface area contributed by atoms with Gasteiger partial charge in [0.1, 0.15) is 10.1 Å². The van der Waals surface area contributed by atoms with E-state index in [1.807, 2.05) is 0 Å². The zero-order valence-corrected chi connectivity index (χ0v) is 16.0. The summed E-state index contributed by atoms with van der Waals surface area (Å²) < 4.78 is 0.482. The third-order valence-corrected chi connectivity index (χ3v) is 5.38. The molecule has 0 radical (unpaired) electrons. The third kappa shape index (κ3) is 4.02. The minimum Gasteiger partial charge on any atom is -0.506 e. The first kappa shape index (κ1) is 19.5. The third-order valence-electron chi connectivity index (χ3n) is 3.90. The number of phenols is 1. The zero-order chi connectivity index (χ0) is 20.4. The standard InChI is InChI=1S/C18H13N3O5S2/c1-20-17(24)15(28-18(20)27)8-10-2-4-11(5-3-10)16(23)19-13-7-6-12(21(25)26)9-14(13)22/h2-9,22H,1H3,(H,19,23)/b15-8-. The second-order valence-electron chi connectivity index (χ2n) is 5.78. The number of thioether (sulfide) groups is 1. The van der Waals surface area contributed by atoms with Crippen LogP contribution in [0.5, 0.6) is 5.75 Å². The number of amides is 2. The Morgan fingerprint density at radius 1 is 1.29 bits per heavy atom. The molecule has 142 valence electrons. The monoisotopic (exact) mass is 415 g/mol. The molecule has 1 aliphatic rings. The molecule has 1 fully saturated rings. The number of benzene rings is 2. The lowest BCUT2D eigenvalue weighted by atomic mass is 10.1. The van der Waals surface area contributed by atoms with Crippen LogP contribution in [0.2, 0.25) is 0 Å². The maximum Gasteiger partial charge on any atom is 0.273 e. The number of rotatable bonds is 4. The van der Waals surface area contributed by atoms with E-state index in [0.717, 1.165) is 11.6 Å². The second-order valence-corrected chi connectivity index (χ2v) is 7.45. The molecule has 2 aromatic rings. The number of nitrogens with one attached hydrogen (secondary N) is 1. The van der Waals surface area contributed by atoms with Crippen molar-refractivity contribution in [1.29, 1.82) is 0 Å². The lowest BCUT2D eigenvalue weighted by Gasteiger charge is -2.07. The van der Waals surface area contributed by atoms with Crippen LogP contribution in [0.4, 0.5) is 11.4 Å². The van der Waals surface area contributed by atoms with E-state index in [2.05, 4.69) is 5.32 Å². The highest BCUT2D eigenvalue weighted by Crippen LogP contribution is 2.31. The van der Waals surface area contributed by atoms with E-state index >= 15 is 0 Å². The minimum atomic E-state index is -0.642. The molecule has 2 amide bonds. The van der Waals surface area contributed by atoms with Gasteiger partial charge >= 0.3 is 0 Å². The molecule has 3 rings (SSSR count). The number of nitrogens with zero attached hydrogens (tertiary/aromatic N) is 2. The molecule has 10 heteroatoms. The summed E-state index contributed by atoms with van der Waals surface area (Å²) in [6, 6.07) is 9.88. The number of carbonyl (C=O) groups excluding carboxylic acids is 2. The fourth-order valence-corrected chi connectivity index (χ4v) is 3.54. The number of carbonyl (C=O) groups is 2. The molecule has 0 atom stereocenters. The summed E-state index contributed by atoms with van der Waals surface area (Å²) in [4.78, 5) is 36.3. The largest absolute Gasteiger partial charge is 0.506 e. The second kappa shape index (κ2) is 7.79. The lowest BCUT2D eigenvalue weighted by molar-refractivity contribution is -0.384. The first-order chi connectivity index (χ1) is 13.3. The molecule has 1 heterocycles. The van der Waals surface area contributed by atoms with E-state index < -0.39 is 16.6 Å². The highest BCUT2D eigenvalue weighted by Gasteiger charge is 2.28. The van der Waals surface area contributed by atoms with Crippen LogP contribution in [0.3, 0.4) is 0 Å². The molecule has 2 N–H and O–H groups in total. The Morgan fingerprint density at radius 3 is 2.50 bits per heavy atom. The van der Waals surface area contributed by atoms with Crippen LogP contribution in [0.25, 0.3) is 6.08 Å². The summed E-state index contributed by atoms with van der Waals surface area (Å²) in [6.07, 6.45) is 1.69. The van der Waals surface area contributed by atoms with Crippen molar-refractivity contribution in [2.24, 2.45) is 0 Å². The van der Waals surface area contributed by atoms with Crippen molar-refractivity contribution in [1.82, 2.24) is 4.90 Å². The number of phenolic OH excluding ortho intramolecular Hbond substituents is 1. The van der Waals surface area contributed by atoms with Crippen molar-refractivity contribution in [3.8, 4) is 5.75 Å². The van der Waals surface area contributed by atoms with Gasteiger partial charge in [0.2, 0.25) is 0 Å². The number of hydrogen-bond donors (Lipinski definition) is 2. The summed E-state index contributed by atoms with van der Waals surface area (Å²) in [5.41, 5.74) is 0.824. The maximum absolute atomic E-state index is 12.3. The summed E-state index contributed by atoms with van der Waals surface area (Å²) in [5, 5.41) is 23.0. The smallest absolute Gasteiger partial charge is 0.273 e. The van der Waals surface area contributed by atoms with Crippen molar-refractivity contribution < 1.29 is 19.6 Å². The molecule has 0 aliphatic carbocycles. The molecule has 8 nitrogen and oxygen atoms in total. The van der Waals surface area contributed by atoms with Gasteiger partial charge in [-0.2, -0.15) is 0 Å². The van der Waals surface area contributed by atoms with E-state index in [1.54, 1.807) is 37.4 Å². The number of thiocarbonyl (C=S) groups is 1. The topological polar surface area (TPSA) is 113 Å². The number of hydrogen-bond acceptors (Lipinski definition) is 7. The number of aromatic hydroxyl groups is 1. The van der Waals surface area contributed by atoms with Crippen molar-refractivity contribution in [2.75, 3.05) is 12.4 Å². The molecule has 1 saturated heterocycles. The van der Waals surface area contributed by atoms with Crippen LogP contribution >= 0.6 is 24.0 Å². The van der Waals surface area contributed by atoms with Crippen LogP contribution in [-0.2, 0) is 4.79 Å². The Bertz CT molecular complexity index is 1030. The SMILES string of the molecule is CN1C(=O)/C(=C/c2ccc(C(=O)Nc3ccc([N+](=O)[O-])cc3O)cc2)SC1=S. The number of nitro benzene ring substituents is 1. The molecule has 0 unspecified atom stereocenters. The summed E-state index contributed by atoms with van der Waals surface area (Å²) in [5.74, 6) is -1.07. The molecule has 28 heavy (non-hydrogen) atoms. The van der Waals surface area contributed by atoms with Crippen molar-refractivity contribution in [3.05, 3.63) is 68.6 Å². The fourth-order valence-electron chi connectivity index (χ4n) is 2.36. The summed E-state index contributed by atoms with van der Waals surface area (Å²) in [6.45, 7) is 0. The highest BCUT2D eigenvalue weighted by atomic mass is 32.2. The molecule has 0 aromatic heterocycles. The average molecular weight is 415 g/mol. The van der Waals surface area contributed by atoms with Crippen LogP contribution < -0.4 is 5.32 Å². The minimum absolute atomic E-state index is 0.0614. The van der Waals surface area contributed by atoms with Gasteiger partial charge in [-0.05, 0) is 29.8 Å². The Balaban J connectivity index is 1.73. The highest BCUT2D eigenvalue weighted by molar-refractivity contribution is 8.26. The fraction of sp³-hybridized carbons (Fsp3) is 0.0556. The molecular weight excluding hydrogens is 402 g/mol. The molecule has 0 spiro atoms. The van der Waals surface area contributed by atoms with Crippen LogP contribution in [-0.4, -0.2) is 38.1 Å². The van der Waals surface area contributed by atoms with E-state index in [9.17, 15) is 24.8 Å². The first-order valence-electron chi connectivity index (χ1n) is 7.86. The van der Waals surface area contributed by atoms with Gasteiger partial charge in [-0.3, -0.25) is 24.6 Å². The predicted molar refractivity (Wildman–Crippen MR) is 110 cm³/mol. The van der Waals surface area contributed by atoms with Crippen LogP contribution in [0, 0.1) is 10.1 Å². The van der Waals surface area contributed by atoms with Crippen molar-refractivity contribution in [3.63, 3.8) is 0 Å². The van der Waals surface area contributed by atoms with E-state index in [1.165, 1.54) is 28.8 Å². The number of anilines is 1. The molecule has 2 aromatic carbocycles. The number of nitro groups is 1. The van der Waals surface area contributed by atoms with E-state index in [0.29, 0.717) is 14.8 Å². The van der Waals surface area contributed by atoms with Gasteiger partial charge in [0, 0.05) is 18.7 Å². The Kier molecular flexibility index (Phi) is 5.43. The number of likely N-dealkylation sites (N-methyl/N-ethyl adjacent to an activating group) is 1. The Hall–Kier alpha value is -3.24. The van der Waals surface area contributed by atoms with Gasteiger partial charge in [0.05, 0.1) is 21.6 Å². The number of non-ortho nitro benzene ring substituents is 1. The van der Waals surface area contributed by atoms with E-state index in [-0.39, 0.29) is 17.3 Å². The van der Waals surface area contributed by atoms with Gasteiger partial charge in [-0.1, -0.05) is 36.1 Å². The van der Waals surface area contributed by atoms with Crippen LogP contribution in [0.15, 0.2) is 47.4 Å².